The highest BCUT2D eigenvalue weighted by atomic mass is 32.1. The molecular weight excluding hydrogens is 412 g/mol. The highest BCUT2D eigenvalue weighted by Gasteiger charge is 2.68. The van der Waals surface area contributed by atoms with E-state index in [2.05, 4.69) is 11.4 Å². The van der Waals surface area contributed by atoms with E-state index in [1.165, 1.54) is 4.90 Å². The van der Waals surface area contributed by atoms with Gasteiger partial charge in [0.25, 0.3) is 11.8 Å². The zero-order valence-electron chi connectivity index (χ0n) is 18.0. The fraction of sp³-hybridized carbons (Fsp3) is 0.458. The zero-order valence-corrected chi connectivity index (χ0v) is 18.8. The Morgan fingerprint density at radius 2 is 1.81 bits per heavy atom. The Bertz CT molecular complexity index is 1020. The van der Waals surface area contributed by atoms with Crippen LogP contribution in [-0.4, -0.2) is 52.9 Å². The summed E-state index contributed by atoms with van der Waals surface area (Å²) < 4.78 is 5.58. The van der Waals surface area contributed by atoms with E-state index in [0.717, 1.165) is 12.0 Å². The normalized spacial score (nSPS) is 27.2. The highest BCUT2D eigenvalue weighted by Crippen LogP contribution is 2.64. The molecule has 1 saturated heterocycles. The first-order valence-corrected chi connectivity index (χ1v) is 11.6. The SMILES string of the molecule is CC(C)(C)OC(=O)N1CCC2C(C1)C2(CN1C(=O)c2ccccc2C1=O)c1ccsc1. The molecule has 1 aromatic heterocycles. The number of hydrogen-bond donors (Lipinski definition) is 0. The Morgan fingerprint density at radius 1 is 1.13 bits per heavy atom. The van der Waals surface area contributed by atoms with Crippen LogP contribution < -0.4 is 0 Å². The first kappa shape index (κ1) is 20.2. The van der Waals surface area contributed by atoms with Gasteiger partial charge in [0, 0.05) is 25.0 Å². The quantitative estimate of drug-likeness (QED) is 0.675. The number of hydrogen-bond acceptors (Lipinski definition) is 5. The summed E-state index contributed by atoms with van der Waals surface area (Å²) in [5.41, 5.74) is 1.28. The summed E-state index contributed by atoms with van der Waals surface area (Å²) in [4.78, 5) is 41.9. The molecule has 1 saturated carbocycles. The number of nitrogens with zero attached hydrogens (tertiary/aromatic N) is 2. The van der Waals surface area contributed by atoms with Crippen molar-refractivity contribution in [1.82, 2.24) is 9.80 Å². The van der Waals surface area contributed by atoms with Crippen molar-refractivity contribution in [1.29, 1.82) is 0 Å². The Morgan fingerprint density at radius 3 is 2.39 bits per heavy atom. The fourth-order valence-corrected chi connectivity index (χ4v) is 6.15. The molecule has 3 unspecified atom stereocenters. The average molecular weight is 439 g/mol. The number of benzene rings is 1. The second-order valence-corrected chi connectivity index (χ2v) is 10.5. The zero-order chi connectivity index (χ0) is 22.0. The summed E-state index contributed by atoms with van der Waals surface area (Å²) in [6.07, 6.45) is 0.543. The summed E-state index contributed by atoms with van der Waals surface area (Å²) in [5.74, 6) is 0.100. The molecule has 162 valence electrons. The maximum Gasteiger partial charge on any atom is 0.410 e. The summed E-state index contributed by atoms with van der Waals surface area (Å²) in [6, 6.07) is 9.11. The predicted octanol–water partition coefficient (Wildman–Crippen LogP) is 4.17. The van der Waals surface area contributed by atoms with Gasteiger partial charge >= 0.3 is 6.09 Å². The lowest BCUT2D eigenvalue weighted by atomic mass is 9.92. The van der Waals surface area contributed by atoms with Crippen LogP contribution in [0.25, 0.3) is 0 Å². The fourth-order valence-electron chi connectivity index (χ4n) is 5.40. The van der Waals surface area contributed by atoms with Crippen molar-refractivity contribution in [2.75, 3.05) is 19.6 Å². The minimum atomic E-state index is -0.540. The van der Waals surface area contributed by atoms with Crippen molar-refractivity contribution in [2.24, 2.45) is 11.8 Å². The number of ether oxygens (including phenoxy) is 1. The third-order valence-electron chi connectivity index (χ3n) is 6.84. The number of carbonyl (C=O) groups is 3. The third-order valence-corrected chi connectivity index (χ3v) is 7.52. The molecule has 5 rings (SSSR count). The van der Waals surface area contributed by atoms with Crippen LogP contribution in [0, 0.1) is 11.8 Å². The van der Waals surface area contributed by atoms with Crippen molar-refractivity contribution in [3.05, 3.63) is 57.8 Å². The molecule has 1 aromatic carbocycles. The van der Waals surface area contributed by atoms with E-state index in [0.29, 0.717) is 36.7 Å². The number of thiophene rings is 1. The molecule has 3 heterocycles. The highest BCUT2D eigenvalue weighted by molar-refractivity contribution is 7.08. The number of carbonyl (C=O) groups excluding carboxylic acids is 3. The molecule has 0 N–H and O–H groups in total. The smallest absolute Gasteiger partial charge is 0.410 e. The van der Waals surface area contributed by atoms with Gasteiger partial charge in [-0.1, -0.05) is 12.1 Å². The molecule has 6 nitrogen and oxygen atoms in total. The van der Waals surface area contributed by atoms with E-state index < -0.39 is 5.60 Å². The van der Waals surface area contributed by atoms with Gasteiger partial charge in [-0.2, -0.15) is 11.3 Å². The third kappa shape index (κ3) is 3.17. The van der Waals surface area contributed by atoms with Gasteiger partial charge in [-0.05, 0) is 73.6 Å². The monoisotopic (exact) mass is 438 g/mol. The summed E-state index contributed by atoms with van der Waals surface area (Å²) >= 11 is 1.62. The van der Waals surface area contributed by atoms with Gasteiger partial charge in [0.15, 0.2) is 0 Å². The lowest BCUT2D eigenvalue weighted by Crippen LogP contribution is -2.41. The number of rotatable bonds is 3. The Labute approximate surface area is 185 Å². The topological polar surface area (TPSA) is 66.9 Å². The molecular formula is C24H26N2O4S. The van der Waals surface area contributed by atoms with E-state index >= 15 is 0 Å². The van der Waals surface area contributed by atoms with Crippen LogP contribution in [0.2, 0.25) is 0 Å². The second-order valence-electron chi connectivity index (χ2n) is 9.72. The van der Waals surface area contributed by atoms with E-state index in [1.54, 1.807) is 40.5 Å². The molecule has 0 bridgehead atoms. The molecule has 2 aromatic rings. The maximum absolute atomic E-state index is 13.0. The van der Waals surface area contributed by atoms with Crippen molar-refractivity contribution >= 4 is 29.2 Å². The number of likely N-dealkylation sites (tertiary alicyclic amines) is 1. The van der Waals surface area contributed by atoms with Gasteiger partial charge in [0.1, 0.15) is 5.60 Å². The van der Waals surface area contributed by atoms with Crippen LogP contribution in [0.3, 0.4) is 0 Å². The molecule has 7 heteroatoms. The number of imide groups is 1. The summed E-state index contributed by atoms with van der Waals surface area (Å²) in [7, 11) is 0. The van der Waals surface area contributed by atoms with Gasteiger partial charge < -0.3 is 9.64 Å². The van der Waals surface area contributed by atoms with Crippen molar-refractivity contribution < 1.29 is 19.1 Å². The maximum atomic E-state index is 13.0. The van der Waals surface area contributed by atoms with Crippen LogP contribution in [0.4, 0.5) is 4.79 Å². The number of amides is 3. The van der Waals surface area contributed by atoms with Crippen LogP contribution in [-0.2, 0) is 10.2 Å². The molecule has 3 aliphatic rings. The van der Waals surface area contributed by atoms with Gasteiger partial charge in [-0.3, -0.25) is 14.5 Å². The second kappa shape index (κ2) is 6.92. The molecule has 3 amide bonds. The van der Waals surface area contributed by atoms with Crippen molar-refractivity contribution in [3.8, 4) is 0 Å². The summed E-state index contributed by atoms with van der Waals surface area (Å²) in [5, 5.41) is 4.16. The largest absolute Gasteiger partial charge is 0.444 e. The first-order valence-electron chi connectivity index (χ1n) is 10.7. The van der Waals surface area contributed by atoms with Crippen LogP contribution in [0.15, 0.2) is 41.1 Å². The van der Waals surface area contributed by atoms with Gasteiger partial charge in [0.05, 0.1) is 11.1 Å². The van der Waals surface area contributed by atoms with E-state index in [9.17, 15) is 14.4 Å². The predicted molar refractivity (Wildman–Crippen MR) is 117 cm³/mol. The Kier molecular flexibility index (Phi) is 4.52. The minimum Gasteiger partial charge on any atom is -0.444 e. The van der Waals surface area contributed by atoms with E-state index in [4.69, 9.17) is 4.74 Å². The van der Waals surface area contributed by atoms with E-state index in [1.807, 2.05) is 26.2 Å². The van der Waals surface area contributed by atoms with Gasteiger partial charge in [0.2, 0.25) is 0 Å². The molecule has 0 spiro atoms. The van der Waals surface area contributed by atoms with E-state index in [-0.39, 0.29) is 29.2 Å². The van der Waals surface area contributed by atoms with Crippen molar-refractivity contribution in [3.63, 3.8) is 0 Å². The molecule has 31 heavy (non-hydrogen) atoms. The Balaban J connectivity index is 1.42. The Hall–Kier alpha value is -2.67. The lowest BCUT2D eigenvalue weighted by Gasteiger charge is -2.29. The summed E-state index contributed by atoms with van der Waals surface area (Å²) in [6.45, 7) is 7.17. The number of piperidine rings is 1. The molecule has 3 atom stereocenters. The minimum absolute atomic E-state index is 0.202. The average Bonchev–Trinajstić information content (AvgIpc) is 3.03. The first-order chi connectivity index (χ1) is 14.7. The molecule has 0 radical (unpaired) electrons. The van der Waals surface area contributed by atoms with Crippen molar-refractivity contribution in [2.45, 2.75) is 38.2 Å². The molecule has 1 aliphatic carbocycles. The van der Waals surface area contributed by atoms with Gasteiger partial charge in [-0.15, -0.1) is 0 Å². The molecule has 2 aliphatic heterocycles. The van der Waals surface area contributed by atoms with Gasteiger partial charge in [-0.25, -0.2) is 4.79 Å². The van der Waals surface area contributed by atoms with Crippen LogP contribution in [0.1, 0.15) is 53.5 Å². The van der Waals surface area contributed by atoms with Crippen LogP contribution >= 0.6 is 11.3 Å². The molecule has 2 fully saturated rings. The lowest BCUT2D eigenvalue weighted by molar-refractivity contribution is 0.0205. The number of fused-ring (bicyclic) bond motifs is 2. The standard InChI is InChI=1S/C24H26N2O4S/c1-23(2,3)30-22(29)25-10-8-18-19(12-25)24(18,15-9-11-31-13-15)14-26-20(27)16-6-4-5-7-17(16)21(26)28/h4-7,9,11,13,18-19H,8,10,12,14H2,1-3H3. The van der Waals surface area contributed by atoms with Crippen LogP contribution in [0.5, 0.6) is 0 Å².